The van der Waals surface area contributed by atoms with Crippen LogP contribution >= 0.6 is 0 Å². The van der Waals surface area contributed by atoms with Gasteiger partial charge in [0.15, 0.2) is 0 Å². The van der Waals surface area contributed by atoms with Crippen molar-refractivity contribution in [3.05, 3.63) is 70.8 Å². The first-order chi connectivity index (χ1) is 14.5. The van der Waals surface area contributed by atoms with Crippen LogP contribution in [0.15, 0.2) is 48.5 Å². The smallest absolute Gasteiger partial charge is 0.261 e. The molecule has 0 saturated carbocycles. The van der Waals surface area contributed by atoms with Gasteiger partial charge in [-0.1, -0.05) is 42.0 Å². The number of carbonyl (C=O) groups is 3. The Morgan fingerprint density at radius 3 is 2.50 bits per heavy atom. The molecule has 1 saturated heterocycles. The lowest BCUT2D eigenvalue weighted by Gasteiger charge is -2.40. The van der Waals surface area contributed by atoms with Crippen LogP contribution in [0.4, 0.5) is 0 Å². The molecule has 0 unspecified atom stereocenters. The molecule has 0 aromatic heterocycles. The van der Waals surface area contributed by atoms with Gasteiger partial charge in [0.25, 0.3) is 11.8 Å². The molecule has 2 aromatic rings. The largest absolute Gasteiger partial charge is 0.333 e. The van der Waals surface area contributed by atoms with Crippen molar-refractivity contribution in [3.63, 3.8) is 0 Å². The van der Waals surface area contributed by atoms with Gasteiger partial charge in [-0.2, -0.15) is 0 Å². The van der Waals surface area contributed by atoms with Gasteiger partial charge in [-0.15, -0.1) is 0 Å². The third kappa shape index (κ3) is 3.87. The Morgan fingerprint density at radius 2 is 1.73 bits per heavy atom. The van der Waals surface area contributed by atoms with Gasteiger partial charge in [-0.3, -0.25) is 19.3 Å². The zero-order chi connectivity index (χ0) is 21.3. The van der Waals surface area contributed by atoms with Crippen LogP contribution in [0.5, 0.6) is 0 Å². The number of aryl methyl sites for hydroxylation is 1. The predicted molar refractivity (Wildman–Crippen MR) is 114 cm³/mol. The van der Waals surface area contributed by atoms with E-state index in [1.807, 2.05) is 36.1 Å². The minimum atomic E-state index is -0.260. The highest BCUT2D eigenvalue weighted by molar-refractivity contribution is 6.21. The molecule has 1 fully saturated rings. The molecule has 30 heavy (non-hydrogen) atoms. The fourth-order valence-electron chi connectivity index (χ4n) is 4.32. The van der Waals surface area contributed by atoms with Gasteiger partial charge >= 0.3 is 0 Å². The summed E-state index contributed by atoms with van der Waals surface area (Å²) in [6.45, 7) is 4.49. The van der Waals surface area contributed by atoms with Crippen molar-refractivity contribution in [1.29, 1.82) is 0 Å². The third-order valence-corrected chi connectivity index (χ3v) is 5.99. The van der Waals surface area contributed by atoms with Gasteiger partial charge in [0.05, 0.1) is 17.2 Å². The quantitative estimate of drug-likeness (QED) is 0.718. The number of nitrogens with zero attached hydrogens (tertiary/aromatic N) is 3. The average Bonchev–Trinajstić information content (AvgIpc) is 2.98. The number of imide groups is 1. The van der Waals surface area contributed by atoms with Crippen LogP contribution in [0.3, 0.4) is 0 Å². The van der Waals surface area contributed by atoms with Crippen molar-refractivity contribution < 1.29 is 14.4 Å². The van der Waals surface area contributed by atoms with Crippen LogP contribution in [0.1, 0.15) is 50.7 Å². The zero-order valence-electron chi connectivity index (χ0n) is 17.5. The summed E-state index contributed by atoms with van der Waals surface area (Å²) in [6, 6.07) is 15.4. The van der Waals surface area contributed by atoms with Crippen molar-refractivity contribution in [2.45, 2.75) is 25.8 Å². The maximum atomic E-state index is 13.0. The van der Waals surface area contributed by atoms with Crippen LogP contribution in [0.2, 0.25) is 0 Å². The fourth-order valence-corrected chi connectivity index (χ4v) is 4.32. The molecule has 1 atom stereocenters. The highest BCUT2D eigenvalue weighted by atomic mass is 16.2. The van der Waals surface area contributed by atoms with E-state index >= 15 is 0 Å². The molecule has 6 nitrogen and oxygen atoms in total. The van der Waals surface area contributed by atoms with Gasteiger partial charge in [-0.25, -0.2) is 0 Å². The van der Waals surface area contributed by atoms with Crippen molar-refractivity contribution in [2.75, 3.05) is 33.2 Å². The highest BCUT2D eigenvalue weighted by Gasteiger charge is 2.35. The minimum absolute atomic E-state index is 0.0275. The number of carbonyl (C=O) groups excluding carboxylic acids is 3. The Kier molecular flexibility index (Phi) is 5.68. The van der Waals surface area contributed by atoms with Crippen LogP contribution in [0.25, 0.3) is 0 Å². The SMILES string of the molecule is Cc1ccc2c(c1)C(=O)N(CCCC(=O)N1CCN(C)C[C@H]1c1ccccc1)C2=O. The van der Waals surface area contributed by atoms with Crippen molar-refractivity contribution in [3.8, 4) is 0 Å². The van der Waals surface area contributed by atoms with E-state index in [1.165, 1.54) is 4.90 Å². The zero-order valence-corrected chi connectivity index (χ0v) is 17.5. The summed E-state index contributed by atoms with van der Waals surface area (Å²) in [5.74, 6) is -0.443. The molecule has 0 radical (unpaired) electrons. The predicted octanol–water partition coefficient (Wildman–Crippen LogP) is 2.89. The Bertz CT molecular complexity index is 973. The number of amides is 3. The topological polar surface area (TPSA) is 60.9 Å². The summed E-state index contributed by atoms with van der Waals surface area (Å²) in [6.07, 6.45) is 0.788. The first-order valence-corrected chi connectivity index (χ1v) is 10.5. The molecule has 0 spiro atoms. The molecule has 4 rings (SSSR count). The number of hydrogen-bond acceptors (Lipinski definition) is 4. The van der Waals surface area contributed by atoms with Crippen LogP contribution in [0, 0.1) is 6.92 Å². The summed E-state index contributed by atoms with van der Waals surface area (Å²) in [7, 11) is 2.07. The summed E-state index contributed by atoms with van der Waals surface area (Å²) in [5, 5.41) is 0. The number of likely N-dealkylation sites (N-methyl/N-ethyl adjacent to an activating group) is 1. The molecule has 2 heterocycles. The van der Waals surface area contributed by atoms with Gasteiger partial charge in [0.1, 0.15) is 0 Å². The summed E-state index contributed by atoms with van der Waals surface area (Å²) in [5.41, 5.74) is 3.01. The maximum Gasteiger partial charge on any atom is 0.261 e. The van der Waals surface area contributed by atoms with E-state index in [-0.39, 0.29) is 30.3 Å². The maximum absolute atomic E-state index is 13.0. The number of rotatable bonds is 5. The standard InChI is InChI=1S/C24H27N3O3/c1-17-10-11-19-20(15-17)24(30)27(23(19)29)12-6-9-22(28)26-14-13-25(2)16-21(26)18-7-4-3-5-8-18/h3-5,7-8,10-11,15,21H,6,9,12-14,16H2,1-2H3/t21-/m0/s1. The monoisotopic (exact) mass is 405 g/mol. The lowest BCUT2D eigenvalue weighted by atomic mass is 10.0. The molecule has 2 aliphatic rings. The number of hydrogen-bond donors (Lipinski definition) is 0. The van der Waals surface area contributed by atoms with Crippen molar-refractivity contribution in [2.24, 2.45) is 0 Å². The average molecular weight is 405 g/mol. The molecular formula is C24H27N3O3. The van der Waals surface area contributed by atoms with Crippen LogP contribution < -0.4 is 0 Å². The number of fused-ring (bicyclic) bond motifs is 1. The van der Waals surface area contributed by atoms with E-state index in [4.69, 9.17) is 0 Å². The lowest BCUT2D eigenvalue weighted by Crippen LogP contribution is -2.49. The van der Waals surface area contributed by atoms with E-state index in [0.717, 1.165) is 24.2 Å². The molecule has 2 aliphatic heterocycles. The van der Waals surface area contributed by atoms with Gasteiger partial charge in [-0.05, 0) is 38.1 Å². The fraction of sp³-hybridized carbons (Fsp3) is 0.375. The first kappa shape index (κ1) is 20.3. The Morgan fingerprint density at radius 1 is 1.00 bits per heavy atom. The summed E-state index contributed by atoms with van der Waals surface area (Å²) < 4.78 is 0. The normalized spacial score (nSPS) is 19.3. The molecule has 2 aromatic carbocycles. The summed E-state index contributed by atoms with van der Waals surface area (Å²) >= 11 is 0. The molecular weight excluding hydrogens is 378 g/mol. The molecule has 0 N–H and O–H groups in total. The molecule has 6 heteroatoms. The van der Waals surface area contributed by atoms with Gasteiger partial charge < -0.3 is 9.80 Å². The minimum Gasteiger partial charge on any atom is -0.333 e. The van der Waals surface area contributed by atoms with E-state index < -0.39 is 0 Å². The first-order valence-electron chi connectivity index (χ1n) is 10.5. The number of benzene rings is 2. The number of piperazine rings is 1. The van der Waals surface area contributed by atoms with E-state index in [0.29, 0.717) is 30.5 Å². The van der Waals surface area contributed by atoms with Gasteiger partial charge in [0, 0.05) is 32.6 Å². The third-order valence-electron chi connectivity index (χ3n) is 5.99. The highest BCUT2D eigenvalue weighted by Crippen LogP contribution is 2.27. The second-order valence-electron chi connectivity index (χ2n) is 8.19. The lowest BCUT2D eigenvalue weighted by molar-refractivity contribution is -0.136. The molecule has 0 aliphatic carbocycles. The molecule has 3 amide bonds. The second kappa shape index (κ2) is 8.40. The van der Waals surface area contributed by atoms with Crippen LogP contribution in [-0.2, 0) is 4.79 Å². The van der Waals surface area contributed by atoms with E-state index in [9.17, 15) is 14.4 Å². The van der Waals surface area contributed by atoms with Crippen molar-refractivity contribution in [1.82, 2.24) is 14.7 Å². The van der Waals surface area contributed by atoms with Gasteiger partial charge in [0.2, 0.25) is 5.91 Å². The Labute approximate surface area is 177 Å². The van der Waals surface area contributed by atoms with E-state index in [2.05, 4.69) is 24.1 Å². The van der Waals surface area contributed by atoms with Crippen molar-refractivity contribution >= 4 is 17.7 Å². The Hall–Kier alpha value is -2.99. The van der Waals surface area contributed by atoms with Crippen LogP contribution in [-0.4, -0.2) is 65.6 Å². The molecule has 156 valence electrons. The second-order valence-corrected chi connectivity index (χ2v) is 8.19. The van der Waals surface area contributed by atoms with E-state index in [1.54, 1.807) is 12.1 Å². The Balaban J connectivity index is 1.39. The molecule has 0 bridgehead atoms. The summed E-state index contributed by atoms with van der Waals surface area (Å²) in [4.78, 5) is 43.7.